The highest BCUT2D eigenvalue weighted by Crippen LogP contribution is 2.50. The number of rotatable bonds is 3. The van der Waals surface area contributed by atoms with Gasteiger partial charge in [0, 0.05) is 11.8 Å². The maximum atomic E-state index is 10.7. The summed E-state index contributed by atoms with van der Waals surface area (Å²) in [4.78, 5) is 21.3. The number of carboxylic acids is 1. The topological polar surface area (TPSA) is 72.8 Å². The van der Waals surface area contributed by atoms with E-state index < -0.39 is 5.97 Å². The molecule has 5 atom stereocenters. The van der Waals surface area contributed by atoms with Gasteiger partial charge in [0.25, 0.3) is 0 Å². The zero-order chi connectivity index (χ0) is 11.3. The van der Waals surface area contributed by atoms with Crippen molar-refractivity contribution in [3.05, 3.63) is 5.57 Å². The van der Waals surface area contributed by atoms with Crippen molar-refractivity contribution in [1.82, 2.24) is 0 Å². The van der Waals surface area contributed by atoms with Crippen LogP contribution in [0.4, 0.5) is 0 Å². The van der Waals surface area contributed by atoms with Crippen molar-refractivity contribution >= 4 is 11.9 Å². The zero-order valence-electron chi connectivity index (χ0n) is 8.59. The van der Waals surface area contributed by atoms with Gasteiger partial charge in [0.2, 0.25) is 0 Å². The molecule has 3 fully saturated rings. The van der Waals surface area contributed by atoms with Crippen LogP contribution in [0.25, 0.3) is 0 Å². The van der Waals surface area contributed by atoms with Crippen molar-refractivity contribution in [2.75, 3.05) is 6.61 Å². The van der Waals surface area contributed by atoms with E-state index >= 15 is 0 Å². The highest BCUT2D eigenvalue weighted by atomic mass is 16.6. The molecule has 1 N–H and O–H groups in total. The van der Waals surface area contributed by atoms with E-state index in [0.29, 0.717) is 12.5 Å². The number of hydrogen-bond acceptors (Lipinski definition) is 4. The first-order chi connectivity index (χ1) is 7.70. The molecule has 3 saturated heterocycles. The lowest BCUT2D eigenvalue weighted by Gasteiger charge is -2.22. The fourth-order valence-corrected chi connectivity index (χ4v) is 3.15. The summed E-state index contributed by atoms with van der Waals surface area (Å²) in [5, 5.41) is 8.79. The minimum Gasteiger partial charge on any atom is -0.477 e. The lowest BCUT2D eigenvalue weighted by Crippen LogP contribution is -2.32. The number of ether oxygens (including phenoxy) is 2. The molecule has 0 aromatic carbocycles. The van der Waals surface area contributed by atoms with Crippen LogP contribution in [0, 0.1) is 11.8 Å². The number of aliphatic carboxylic acids is 1. The van der Waals surface area contributed by atoms with E-state index in [4.69, 9.17) is 14.6 Å². The standard InChI is InChI=1S/C11H12O5/c12-3-5(11(13)14)1-7-8-2-6-4-15-10(7)9(6)16-8/h6-10H,1-2,4H2,(H,13,14). The minimum absolute atomic E-state index is 0.0105. The summed E-state index contributed by atoms with van der Waals surface area (Å²) >= 11 is 0. The number of fused-ring (bicyclic) bond motifs is 1. The highest BCUT2D eigenvalue weighted by Gasteiger charge is 2.58. The van der Waals surface area contributed by atoms with Crippen LogP contribution in [0.15, 0.2) is 5.57 Å². The van der Waals surface area contributed by atoms with Gasteiger partial charge >= 0.3 is 5.97 Å². The molecule has 3 aliphatic rings. The van der Waals surface area contributed by atoms with Crippen molar-refractivity contribution in [2.45, 2.75) is 31.2 Å². The summed E-state index contributed by atoms with van der Waals surface area (Å²) in [7, 11) is 0. The van der Waals surface area contributed by atoms with E-state index in [1.807, 2.05) is 0 Å². The summed E-state index contributed by atoms with van der Waals surface area (Å²) in [6.07, 6.45) is 1.29. The second-order valence-electron chi connectivity index (χ2n) is 4.69. The Morgan fingerprint density at radius 3 is 2.94 bits per heavy atom. The number of carbonyl (C=O) groups excluding carboxylic acids is 1. The van der Waals surface area contributed by atoms with Crippen LogP contribution in [0.1, 0.15) is 12.8 Å². The van der Waals surface area contributed by atoms with E-state index in [0.717, 1.165) is 6.42 Å². The molecular weight excluding hydrogens is 212 g/mol. The second-order valence-corrected chi connectivity index (χ2v) is 4.69. The molecule has 16 heavy (non-hydrogen) atoms. The number of hydrogen-bond donors (Lipinski definition) is 1. The number of carboxylic acid groups (broad SMARTS) is 1. The summed E-state index contributed by atoms with van der Waals surface area (Å²) in [6.45, 7) is 0.704. The Labute approximate surface area is 92.0 Å². The predicted molar refractivity (Wildman–Crippen MR) is 51.5 cm³/mol. The summed E-state index contributed by atoms with van der Waals surface area (Å²) in [5.41, 5.74) is -0.201. The van der Waals surface area contributed by atoms with E-state index in [9.17, 15) is 9.59 Å². The molecule has 0 aromatic heterocycles. The first kappa shape index (κ1) is 10.0. The predicted octanol–water partition coefficient (Wildman–Crippen LogP) is 0.0214. The quantitative estimate of drug-likeness (QED) is 0.540. The van der Waals surface area contributed by atoms with Crippen molar-refractivity contribution in [2.24, 2.45) is 11.8 Å². The molecule has 0 radical (unpaired) electrons. The van der Waals surface area contributed by atoms with Gasteiger partial charge in [-0.05, 0) is 12.8 Å². The SMILES string of the molecule is O=C=C(CC1C2CC3COC1C3O2)C(=O)O. The summed E-state index contributed by atoms with van der Waals surface area (Å²) in [5.74, 6) is 0.797. The zero-order valence-corrected chi connectivity index (χ0v) is 8.59. The van der Waals surface area contributed by atoms with Crippen LogP contribution >= 0.6 is 0 Å². The van der Waals surface area contributed by atoms with Crippen LogP contribution < -0.4 is 0 Å². The first-order valence-corrected chi connectivity index (χ1v) is 5.45. The first-order valence-electron chi connectivity index (χ1n) is 5.45. The van der Waals surface area contributed by atoms with E-state index in [1.54, 1.807) is 0 Å². The fraction of sp³-hybridized carbons (Fsp3) is 0.727. The third-order valence-corrected chi connectivity index (χ3v) is 3.88. The maximum Gasteiger partial charge on any atom is 0.342 e. The molecule has 2 bridgehead atoms. The third-order valence-electron chi connectivity index (χ3n) is 3.88. The molecule has 3 aliphatic heterocycles. The van der Waals surface area contributed by atoms with Gasteiger partial charge in [-0.1, -0.05) is 0 Å². The third kappa shape index (κ3) is 1.26. The van der Waals surface area contributed by atoms with Gasteiger partial charge in [0.15, 0.2) is 0 Å². The van der Waals surface area contributed by atoms with E-state index in [-0.39, 0.29) is 36.2 Å². The fourth-order valence-electron chi connectivity index (χ4n) is 3.15. The van der Waals surface area contributed by atoms with Crippen molar-refractivity contribution in [3.63, 3.8) is 0 Å². The lowest BCUT2D eigenvalue weighted by molar-refractivity contribution is -0.132. The molecule has 0 spiro atoms. The second kappa shape index (κ2) is 3.42. The van der Waals surface area contributed by atoms with Crippen LogP contribution in [0.5, 0.6) is 0 Å². The Hall–Kier alpha value is -1.16. The van der Waals surface area contributed by atoms with Crippen LogP contribution in [0.3, 0.4) is 0 Å². The molecule has 3 rings (SSSR count). The van der Waals surface area contributed by atoms with Crippen LogP contribution in [-0.4, -0.2) is 41.9 Å². The van der Waals surface area contributed by atoms with Gasteiger partial charge in [-0.15, -0.1) is 0 Å². The maximum absolute atomic E-state index is 10.7. The largest absolute Gasteiger partial charge is 0.477 e. The molecule has 86 valence electrons. The van der Waals surface area contributed by atoms with Gasteiger partial charge in [0.05, 0.1) is 24.9 Å². The van der Waals surface area contributed by atoms with Gasteiger partial charge < -0.3 is 14.6 Å². The van der Waals surface area contributed by atoms with Gasteiger partial charge in [-0.3, -0.25) is 0 Å². The van der Waals surface area contributed by atoms with Crippen LogP contribution in [-0.2, 0) is 19.1 Å². The molecule has 0 amide bonds. The Kier molecular flexibility index (Phi) is 2.14. The molecule has 5 heteroatoms. The number of carbonyl (C=O) groups is 1. The average Bonchev–Trinajstić information content (AvgIpc) is 2.83. The van der Waals surface area contributed by atoms with Crippen molar-refractivity contribution in [3.8, 4) is 0 Å². The lowest BCUT2D eigenvalue weighted by atomic mass is 9.79. The molecule has 5 unspecified atom stereocenters. The molecule has 3 heterocycles. The van der Waals surface area contributed by atoms with E-state index in [1.165, 1.54) is 5.94 Å². The molecule has 0 saturated carbocycles. The van der Waals surface area contributed by atoms with Crippen molar-refractivity contribution < 1.29 is 24.2 Å². The Bertz CT molecular complexity index is 382. The summed E-state index contributed by atoms with van der Waals surface area (Å²) < 4.78 is 11.3. The minimum atomic E-state index is -1.19. The van der Waals surface area contributed by atoms with Crippen molar-refractivity contribution in [1.29, 1.82) is 0 Å². The molecular formula is C11H12O5. The monoisotopic (exact) mass is 224 g/mol. The Balaban J connectivity index is 1.78. The molecule has 5 nitrogen and oxygen atoms in total. The van der Waals surface area contributed by atoms with Gasteiger partial charge in [-0.2, -0.15) is 0 Å². The average molecular weight is 224 g/mol. The van der Waals surface area contributed by atoms with Gasteiger partial charge in [-0.25, -0.2) is 9.59 Å². The molecule has 0 aromatic rings. The smallest absolute Gasteiger partial charge is 0.342 e. The van der Waals surface area contributed by atoms with Crippen LogP contribution in [0.2, 0.25) is 0 Å². The Morgan fingerprint density at radius 2 is 2.25 bits per heavy atom. The van der Waals surface area contributed by atoms with Gasteiger partial charge in [0.1, 0.15) is 11.5 Å². The molecule has 0 aliphatic carbocycles. The highest BCUT2D eigenvalue weighted by molar-refractivity contribution is 5.95. The van der Waals surface area contributed by atoms with E-state index in [2.05, 4.69) is 0 Å². The normalized spacial score (nSPS) is 43.4. The summed E-state index contributed by atoms with van der Waals surface area (Å²) in [6, 6.07) is 0. The Morgan fingerprint density at radius 1 is 1.44 bits per heavy atom.